The third-order valence-electron chi connectivity index (χ3n) is 2.35. The molecule has 0 aliphatic rings. The van der Waals surface area contributed by atoms with Gasteiger partial charge < -0.3 is 5.11 Å². The van der Waals surface area contributed by atoms with Gasteiger partial charge in [0, 0.05) is 19.8 Å². The minimum absolute atomic E-state index is 0.0430. The Balaban J connectivity index is 2.30. The topological polar surface area (TPSA) is 68.0 Å². The van der Waals surface area contributed by atoms with Crippen molar-refractivity contribution in [3.05, 3.63) is 37.4 Å². The van der Waals surface area contributed by atoms with Crippen molar-refractivity contribution >= 4 is 53.8 Å². The molecule has 1 heterocycles. The quantitative estimate of drug-likeness (QED) is 0.768. The average molecular weight is 454 g/mol. The molecule has 0 amide bonds. The lowest BCUT2D eigenvalue weighted by molar-refractivity contribution is -0.136. The predicted octanol–water partition coefficient (Wildman–Crippen LogP) is 3.57. The zero-order valence-electron chi connectivity index (χ0n) is 9.48. The van der Waals surface area contributed by atoms with Crippen molar-refractivity contribution in [2.75, 3.05) is 0 Å². The van der Waals surface area contributed by atoms with Crippen LogP contribution in [0.1, 0.15) is 12.1 Å². The normalized spacial score (nSPS) is 10.7. The average Bonchev–Trinajstić information content (AvgIpc) is 2.73. The minimum Gasteiger partial charge on any atom is -0.481 e. The number of carboxylic acids is 1. The molecular formula is C11H8Br3N3O2. The van der Waals surface area contributed by atoms with Crippen LogP contribution in [0.15, 0.2) is 31.7 Å². The third-order valence-corrected chi connectivity index (χ3v) is 4.01. The number of aliphatic carboxylic acids is 1. The number of benzene rings is 1. The van der Waals surface area contributed by atoms with Crippen molar-refractivity contribution in [1.82, 2.24) is 15.0 Å². The molecule has 0 atom stereocenters. The molecule has 8 heteroatoms. The molecule has 2 aromatic rings. The largest absolute Gasteiger partial charge is 0.481 e. The highest BCUT2D eigenvalue weighted by Gasteiger charge is 2.12. The van der Waals surface area contributed by atoms with Gasteiger partial charge >= 0.3 is 5.97 Å². The summed E-state index contributed by atoms with van der Waals surface area (Å²) in [6, 6.07) is 3.80. The molecule has 0 radical (unpaired) electrons. The summed E-state index contributed by atoms with van der Waals surface area (Å²) in [6.45, 7) is 0. The standard InChI is InChI=1S/C11H8Br3N3O2/c12-6-3-8(13)11(9(14)4-6)17-5-7(15-16-17)1-2-10(18)19/h3-5H,1-2H2,(H,18,19). The first-order chi connectivity index (χ1) is 8.97. The second-order valence-corrected chi connectivity index (χ2v) is 6.39. The number of carboxylic acid groups (broad SMARTS) is 1. The van der Waals surface area contributed by atoms with Crippen LogP contribution in [-0.2, 0) is 11.2 Å². The molecule has 0 unspecified atom stereocenters. The van der Waals surface area contributed by atoms with Crippen LogP contribution in [0, 0.1) is 0 Å². The van der Waals surface area contributed by atoms with E-state index in [-0.39, 0.29) is 6.42 Å². The number of aryl methyl sites for hydroxylation is 1. The van der Waals surface area contributed by atoms with Gasteiger partial charge in [-0.3, -0.25) is 4.79 Å². The second kappa shape index (κ2) is 6.15. The fourth-order valence-corrected chi connectivity index (χ4v) is 4.13. The van der Waals surface area contributed by atoms with Crippen molar-refractivity contribution in [2.24, 2.45) is 0 Å². The van der Waals surface area contributed by atoms with E-state index < -0.39 is 5.97 Å². The number of aromatic nitrogens is 3. The van der Waals surface area contributed by atoms with E-state index in [4.69, 9.17) is 5.11 Å². The number of halogens is 3. The highest BCUT2D eigenvalue weighted by Crippen LogP contribution is 2.32. The minimum atomic E-state index is -0.847. The summed E-state index contributed by atoms with van der Waals surface area (Å²) in [6.07, 6.45) is 2.13. The Morgan fingerprint density at radius 1 is 1.26 bits per heavy atom. The molecule has 0 saturated heterocycles. The third kappa shape index (κ3) is 3.64. The lowest BCUT2D eigenvalue weighted by atomic mass is 10.2. The van der Waals surface area contributed by atoms with Crippen LogP contribution in [-0.4, -0.2) is 26.1 Å². The van der Waals surface area contributed by atoms with E-state index >= 15 is 0 Å². The van der Waals surface area contributed by atoms with Gasteiger partial charge in [-0.25, -0.2) is 4.68 Å². The van der Waals surface area contributed by atoms with E-state index in [0.29, 0.717) is 12.1 Å². The van der Waals surface area contributed by atoms with E-state index in [1.807, 2.05) is 12.1 Å². The lowest BCUT2D eigenvalue weighted by Gasteiger charge is -2.07. The summed E-state index contributed by atoms with van der Waals surface area (Å²) in [5.74, 6) is -0.847. The van der Waals surface area contributed by atoms with Gasteiger partial charge in [-0.1, -0.05) is 21.1 Å². The van der Waals surface area contributed by atoms with Gasteiger partial charge in [0.05, 0.1) is 24.0 Å². The predicted molar refractivity (Wildman–Crippen MR) is 80.4 cm³/mol. The molecule has 100 valence electrons. The van der Waals surface area contributed by atoms with Crippen LogP contribution < -0.4 is 0 Å². The molecule has 1 aromatic carbocycles. The van der Waals surface area contributed by atoms with E-state index in [2.05, 4.69) is 58.1 Å². The van der Waals surface area contributed by atoms with Crippen LogP contribution in [0.5, 0.6) is 0 Å². The van der Waals surface area contributed by atoms with Gasteiger partial charge in [-0.05, 0) is 44.0 Å². The van der Waals surface area contributed by atoms with Crippen LogP contribution in [0.25, 0.3) is 5.69 Å². The lowest BCUT2D eigenvalue weighted by Crippen LogP contribution is -1.98. The molecule has 0 aliphatic heterocycles. The fourth-order valence-electron chi connectivity index (χ4n) is 1.51. The van der Waals surface area contributed by atoms with Gasteiger partial charge in [0.1, 0.15) is 0 Å². The number of hydrogen-bond acceptors (Lipinski definition) is 3. The smallest absolute Gasteiger partial charge is 0.303 e. The van der Waals surface area contributed by atoms with Crippen molar-refractivity contribution in [2.45, 2.75) is 12.8 Å². The number of rotatable bonds is 4. The van der Waals surface area contributed by atoms with Gasteiger partial charge in [-0.15, -0.1) is 5.10 Å². The molecule has 5 nitrogen and oxygen atoms in total. The maximum Gasteiger partial charge on any atom is 0.303 e. The molecule has 19 heavy (non-hydrogen) atoms. The molecule has 0 fully saturated rings. The van der Waals surface area contributed by atoms with E-state index in [1.54, 1.807) is 10.9 Å². The van der Waals surface area contributed by atoms with Crippen LogP contribution in [0.3, 0.4) is 0 Å². The number of hydrogen-bond donors (Lipinski definition) is 1. The van der Waals surface area contributed by atoms with Crippen LogP contribution >= 0.6 is 47.8 Å². The summed E-state index contributed by atoms with van der Waals surface area (Å²) in [4.78, 5) is 10.5. The Kier molecular flexibility index (Phi) is 4.75. The molecule has 1 aromatic heterocycles. The van der Waals surface area contributed by atoms with Crippen molar-refractivity contribution in [3.63, 3.8) is 0 Å². The molecule has 0 saturated carbocycles. The Labute approximate surface area is 134 Å². The summed E-state index contributed by atoms with van der Waals surface area (Å²) < 4.78 is 4.24. The van der Waals surface area contributed by atoms with Gasteiger partial charge in [0.2, 0.25) is 0 Å². The Morgan fingerprint density at radius 2 is 1.89 bits per heavy atom. The summed E-state index contributed by atoms with van der Waals surface area (Å²) >= 11 is 10.3. The Hall–Kier alpha value is -0.730. The van der Waals surface area contributed by atoms with Crippen molar-refractivity contribution in [1.29, 1.82) is 0 Å². The molecule has 0 aliphatic carbocycles. The Morgan fingerprint density at radius 3 is 2.47 bits per heavy atom. The molecule has 0 spiro atoms. The summed E-state index contributed by atoms with van der Waals surface area (Å²) in [7, 11) is 0. The highest BCUT2D eigenvalue weighted by atomic mass is 79.9. The zero-order valence-corrected chi connectivity index (χ0v) is 14.2. The van der Waals surface area contributed by atoms with E-state index in [1.165, 1.54) is 0 Å². The zero-order chi connectivity index (χ0) is 14.0. The highest BCUT2D eigenvalue weighted by molar-refractivity contribution is 9.11. The molecule has 0 bridgehead atoms. The first kappa shape index (κ1) is 14.7. The number of carbonyl (C=O) groups is 1. The van der Waals surface area contributed by atoms with Crippen molar-refractivity contribution < 1.29 is 9.90 Å². The SMILES string of the molecule is O=C(O)CCc1cn(-c2c(Br)cc(Br)cc2Br)nn1. The Bertz CT molecular complexity index is 604. The van der Waals surface area contributed by atoms with E-state index in [0.717, 1.165) is 19.1 Å². The molecule has 2 rings (SSSR count). The maximum atomic E-state index is 10.5. The summed E-state index contributed by atoms with van der Waals surface area (Å²) in [5, 5.41) is 16.6. The van der Waals surface area contributed by atoms with Gasteiger partial charge in [0.15, 0.2) is 0 Å². The van der Waals surface area contributed by atoms with Crippen molar-refractivity contribution in [3.8, 4) is 5.69 Å². The maximum absolute atomic E-state index is 10.5. The van der Waals surface area contributed by atoms with Gasteiger partial charge in [0.25, 0.3) is 0 Å². The fraction of sp³-hybridized carbons (Fsp3) is 0.182. The first-order valence-electron chi connectivity index (χ1n) is 5.25. The van der Waals surface area contributed by atoms with Gasteiger partial charge in [-0.2, -0.15) is 0 Å². The molecule has 1 N–H and O–H groups in total. The second-order valence-electron chi connectivity index (χ2n) is 3.77. The molecular weight excluding hydrogens is 446 g/mol. The number of nitrogens with zero attached hydrogens (tertiary/aromatic N) is 3. The summed E-state index contributed by atoms with van der Waals surface area (Å²) in [5.41, 5.74) is 1.46. The monoisotopic (exact) mass is 451 g/mol. The van der Waals surface area contributed by atoms with Crippen LogP contribution in [0.2, 0.25) is 0 Å². The van der Waals surface area contributed by atoms with Crippen LogP contribution in [0.4, 0.5) is 0 Å². The van der Waals surface area contributed by atoms with E-state index in [9.17, 15) is 4.79 Å². The first-order valence-corrected chi connectivity index (χ1v) is 7.63.